The number of hydrogen-bond acceptors (Lipinski definition) is 7. The van der Waals surface area contributed by atoms with Gasteiger partial charge in [-0.05, 0) is 64.5 Å². The summed E-state index contributed by atoms with van der Waals surface area (Å²) in [6.45, 7) is 15.5. The lowest BCUT2D eigenvalue weighted by Crippen LogP contribution is -2.63. The van der Waals surface area contributed by atoms with Gasteiger partial charge in [-0.2, -0.15) is 10.2 Å². The molecule has 1 aromatic carbocycles. The largest absolute Gasteiger partial charge is 0.367 e. The van der Waals surface area contributed by atoms with Crippen LogP contribution in [-0.2, 0) is 14.3 Å². The van der Waals surface area contributed by atoms with Crippen molar-refractivity contribution in [3.05, 3.63) is 40.7 Å². The van der Waals surface area contributed by atoms with E-state index < -0.39 is 12.0 Å². The summed E-state index contributed by atoms with van der Waals surface area (Å²) in [7, 11) is 0. The number of likely N-dealkylation sites (tertiary alicyclic amines) is 1. The summed E-state index contributed by atoms with van der Waals surface area (Å²) in [6.07, 6.45) is 6.54. The van der Waals surface area contributed by atoms with Crippen molar-refractivity contribution < 1.29 is 14.3 Å². The molecule has 1 spiro atoms. The number of halogens is 2. The lowest BCUT2D eigenvalue weighted by Gasteiger charge is -2.58. The van der Waals surface area contributed by atoms with Gasteiger partial charge >= 0.3 is 0 Å². The van der Waals surface area contributed by atoms with Gasteiger partial charge < -0.3 is 20.3 Å². The van der Waals surface area contributed by atoms with Crippen molar-refractivity contribution in [2.24, 2.45) is 17.1 Å². The van der Waals surface area contributed by atoms with Gasteiger partial charge in [0, 0.05) is 72.4 Å². The first kappa shape index (κ1) is 31.5. The number of carbonyl (C=O) groups is 2. The third-order valence-corrected chi connectivity index (χ3v) is 11.5. The van der Waals surface area contributed by atoms with Crippen LogP contribution in [0, 0.1) is 18.3 Å². The minimum Gasteiger partial charge on any atom is -0.367 e. The molecule has 246 valence electrons. The summed E-state index contributed by atoms with van der Waals surface area (Å²) >= 11 is 13.7. The average molecular weight is 670 g/mol. The molecule has 3 N–H and O–H groups in total. The highest BCUT2D eigenvalue weighted by Crippen LogP contribution is 2.56. The molecule has 46 heavy (non-hydrogen) atoms. The first-order valence-electron chi connectivity index (χ1n) is 16.1. The highest BCUT2D eigenvalue weighted by Gasteiger charge is 2.54. The quantitative estimate of drug-likeness (QED) is 0.353. The number of piperidine rings is 1. The third-order valence-electron chi connectivity index (χ3n) is 10.8. The number of nitrogens with zero attached hydrogens (tertiary/aromatic N) is 6. The average Bonchev–Trinajstić information content (AvgIpc) is 3.56. The zero-order chi connectivity index (χ0) is 32.5. The summed E-state index contributed by atoms with van der Waals surface area (Å²) in [4.78, 5) is 30.5. The van der Waals surface area contributed by atoms with Crippen molar-refractivity contribution in [2.75, 3.05) is 50.8 Å². The van der Waals surface area contributed by atoms with Crippen LogP contribution in [0.15, 0.2) is 24.9 Å². The Balaban J connectivity index is 1.20. The molecule has 3 aromatic rings. The second kappa shape index (κ2) is 11.5. The van der Waals surface area contributed by atoms with Gasteiger partial charge in [0.15, 0.2) is 5.82 Å². The molecule has 4 fully saturated rings. The van der Waals surface area contributed by atoms with E-state index in [1.54, 1.807) is 0 Å². The number of nitrogens with one attached hydrogen (secondary N) is 1. The number of carbonyl (C=O) groups excluding carboxylic acids is 2. The molecule has 7 rings (SSSR count). The van der Waals surface area contributed by atoms with Gasteiger partial charge in [0.2, 0.25) is 11.8 Å². The number of morpholine rings is 1. The van der Waals surface area contributed by atoms with Crippen molar-refractivity contribution >= 4 is 51.7 Å². The molecule has 2 aromatic heterocycles. The van der Waals surface area contributed by atoms with Gasteiger partial charge in [-0.15, -0.1) is 0 Å². The fraction of sp³-hybridized carbons (Fsp3) is 0.576. The fourth-order valence-electron chi connectivity index (χ4n) is 8.52. The van der Waals surface area contributed by atoms with Crippen molar-refractivity contribution in [3.8, 4) is 11.1 Å². The number of nitrogens with two attached hydrogens (primary N) is 1. The molecule has 2 atom stereocenters. The summed E-state index contributed by atoms with van der Waals surface area (Å²) in [5.74, 6) is 0.958. The Kier molecular flexibility index (Phi) is 7.90. The maximum atomic E-state index is 12.1. The molecule has 11 nitrogen and oxygen atoms in total. The zero-order valence-corrected chi connectivity index (χ0v) is 28.2. The van der Waals surface area contributed by atoms with Crippen LogP contribution in [0.25, 0.3) is 22.0 Å². The molecule has 5 heterocycles. The Hall–Kier alpha value is -3.12. The first-order chi connectivity index (χ1) is 21.9. The number of primary amides is 1. The normalized spacial score (nSPS) is 24.6. The van der Waals surface area contributed by atoms with Gasteiger partial charge in [0.25, 0.3) is 0 Å². The number of aromatic nitrogens is 4. The van der Waals surface area contributed by atoms with E-state index in [1.165, 1.54) is 6.08 Å². The number of ether oxygens (including phenoxy) is 1. The summed E-state index contributed by atoms with van der Waals surface area (Å²) < 4.78 is 7.77. The topological polar surface area (TPSA) is 126 Å². The Bertz CT molecular complexity index is 1700. The number of hydrogen-bond donors (Lipinski definition) is 2. The third kappa shape index (κ3) is 5.29. The maximum absolute atomic E-state index is 12.1. The van der Waals surface area contributed by atoms with Crippen LogP contribution in [0.2, 0.25) is 10.0 Å². The minimum atomic E-state index is -0.547. The molecule has 2 amide bonds. The lowest BCUT2D eigenvalue weighted by atomic mass is 9.60. The van der Waals surface area contributed by atoms with Gasteiger partial charge in [0.1, 0.15) is 6.10 Å². The summed E-state index contributed by atoms with van der Waals surface area (Å²) in [5.41, 5.74) is 9.19. The predicted molar refractivity (Wildman–Crippen MR) is 179 cm³/mol. The van der Waals surface area contributed by atoms with E-state index in [1.807, 2.05) is 17.2 Å². The van der Waals surface area contributed by atoms with E-state index in [9.17, 15) is 9.59 Å². The highest BCUT2D eigenvalue weighted by atomic mass is 35.5. The van der Waals surface area contributed by atoms with Crippen LogP contribution in [0.5, 0.6) is 0 Å². The van der Waals surface area contributed by atoms with E-state index in [4.69, 9.17) is 38.8 Å². The van der Waals surface area contributed by atoms with Crippen LogP contribution in [0.1, 0.15) is 51.3 Å². The van der Waals surface area contributed by atoms with Gasteiger partial charge in [0.05, 0.1) is 34.4 Å². The van der Waals surface area contributed by atoms with Gasteiger partial charge in [-0.25, -0.2) is 0 Å². The number of anilines is 1. The number of amides is 2. The number of benzene rings is 1. The molecular weight excluding hydrogens is 627 g/mol. The number of aromatic amines is 1. The van der Waals surface area contributed by atoms with Crippen LogP contribution >= 0.6 is 23.2 Å². The van der Waals surface area contributed by atoms with Gasteiger partial charge in [-0.3, -0.25) is 24.3 Å². The Morgan fingerprint density at radius 1 is 1.20 bits per heavy atom. The van der Waals surface area contributed by atoms with E-state index in [0.29, 0.717) is 29.1 Å². The molecular formula is C33H42Cl2N8O3. The Morgan fingerprint density at radius 3 is 2.65 bits per heavy atom. The maximum Gasteiger partial charge on any atom is 0.247 e. The molecule has 1 aliphatic carbocycles. The second-order valence-electron chi connectivity index (χ2n) is 14.4. The molecule has 0 unspecified atom stereocenters. The predicted octanol–water partition coefficient (Wildman–Crippen LogP) is 4.57. The van der Waals surface area contributed by atoms with Crippen LogP contribution in [-0.4, -0.2) is 99.1 Å². The molecule has 4 aliphatic rings. The first-order valence-corrected chi connectivity index (χ1v) is 16.9. The van der Waals surface area contributed by atoms with E-state index in [2.05, 4.69) is 52.0 Å². The standard InChI is InChI=1S/C33H42Cl2N8O3/c1-5-26(44)41-17-33(18-41)12-21(13-33)43-19(2)27(28-22-14-37-38-24(22)10-23(34)29(28)35)31(39-43)42-7-6-20(11-32(42,3)4)15-40-8-9-46-25(16-40)30(36)45/h5,10,14,20-21,25H,1,6-9,11-13,15-18H2,2-4H3,(H2,36,45)(H,37,38)/t20-,25-/m1/s1. The van der Waals surface area contributed by atoms with E-state index in [-0.39, 0.29) is 22.9 Å². The molecule has 1 saturated carbocycles. The molecule has 13 heteroatoms. The minimum absolute atomic E-state index is 0.000542. The smallest absolute Gasteiger partial charge is 0.247 e. The summed E-state index contributed by atoms with van der Waals surface area (Å²) in [5, 5.41) is 14.6. The monoisotopic (exact) mass is 668 g/mol. The zero-order valence-electron chi connectivity index (χ0n) is 26.7. The van der Waals surface area contributed by atoms with Crippen LogP contribution in [0.3, 0.4) is 0 Å². The Morgan fingerprint density at radius 2 is 1.96 bits per heavy atom. The summed E-state index contributed by atoms with van der Waals surface area (Å²) in [6, 6.07) is 2.05. The fourth-order valence-corrected chi connectivity index (χ4v) is 8.98. The number of H-pyrrole nitrogens is 1. The number of fused-ring (bicyclic) bond motifs is 1. The molecule has 3 saturated heterocycles. The number of rotatable bonds is 7. The van der Waals surface area contributed by atoms with Crippen molar-refractivity contribution in [2.45, 2.75) is 64.1 Å². The molecule has 0 radical (unpaired) electrons. The molecule has 0 bridgehead atoms. The van der Waals surface area contributed by atoms with Crippen molar-refractivity contribution in [1.82, 2.24) is 29.8 Å². The van der Waals surface area contributed by atoms with E-state index in [0.717, 1.165) is 91.9 Å². The van der Waals surface area contributed by atoms with E-state index >= 15 is 0 Å². The van der Waals surface area contributed by atoms with Crippen molar-refractivity contribution in [3.63, 3.8) is 0 Å². The van der Waals surface area contributed by atoms with Crippen molar-refractivity contribution in [1.29, 1.82) is 0 Å². The second-order valence-corrected chi connectivity index (χ2v) is 15.2. The van der Waals surface area contributed by atoms with Gasteiger partial charge in [-0.1, -0.05) is 29.8 Å². The lowest BCUT2D eigenvalue weighted by molar-refractivity contribution is -0.149. The van der Waals surface area contributed by atoms with Crippen LogP contribution in [0.4, 0.5) is 5.82 Å². The molecule has 3 aliphatic heterocycles. The Labute approximate surface area is 279 Å². The highest BCUT2D eigenvalue weighted by molar-refractivity contribution is 6.45. The van der Waals surface area contributed by atoms with Crippen LogP contribution < -0.4 is 10.6 Å². The SMILES string of the molecule is C=CC(=O)N1CC2(CC(n3nc(N4CC[C@@H](CN5CCO[C@@H](C(N)=O)C5)CC4(C)C)c(-c4c(Cl)c(Cl)cc5[nH]ncc45)c3C)C2)C1.